The van der Waals surface area contributed by atoms with Crippen LogP contribution in [0.2, 0.25) is 0 Å². The van der Waals surface area contributed by atoms with E-state index < -0.39 is 6.61 Å². The maximum absolute atomic E-state index is 12.4. The van der Waals surface area contributed by atoms with Gasteiger partial charge in [-0.05, 0) is 25.1 Å². The molecule has 7 heteroatoms. The summed E-state index contributed by atoms with van der Waals surface area (Å²) in [6, 6.07) is 4.84. The molecule has 1 aromatic rings. The molecular formula is C14H18BrF2N3O. The Morgan fingerprint density at radius 1 is 1.48 bits per heavy atom. The number of guanidine groups is 1. The van der Waals surface area contributed by atoms with Gasteiger partial charge in [0.25, 0.3) is 0 Å². The topological polar surface area (TPSA) is 45.7 Å². The molecule has 0 fully saturated rings. The second kappa shape index (κ2) is 9.33. The van der Waals surface area contributed by atoms with Crippen LogP contribution in [0.15, 0.2) is 40.3 Å². The molecule has 0 spiro atoms. The lowest BCUT2D eigenvalue weighted by Crippen LogP contribution is -2.37. The molecule has 21 heavy (non-hydrogen) atoms. The number of nitrogens with one attached hydrogen (secondary N) is 2. The number of benzene rings is 1. The Balaban J connectivity index is 2.87. The number of aliphatic imine (C=N–C) groups is 1. The molecule has 0 saturated heterocycles. The molecule has 0 bridgehead atoms. The standard InChI is InChI=1S/C14H18BrF2N3O/c1-3-7-19-14(18-4-2)20-9-10-8-11(15)5-6-12(10)21-13(16)17/h3,5-6,8,13H,1,4,7,9H2,2H3,(H2,18,19,20). The van der Waals surface area contributed by atoms with Crippen molar-refractivity contribution in [2.75, 3.05) is 13.1 Å². The van der Waals surface area contributed by atoms with E-state index in [-0.39, 0.29) is 12.3 Å². The Kier molecular flexibility index (Phi) is 7.74. The van der Waals surface area contributed by atoms with Crippen LogP contribution in [-0.4, -0.2) is 25.7 Å². The van der Waals surface area contributed by atoms with Crippen molar-refractivity contribution >= 4 is 21.9 Å². The zero-order chi connectivity index (χ0) is 15.7. The van der Waals surface area contributed by atoms with Crippen LogP contribution < -0.4 is 15.4 Å². The average molecular weight is 362 g/mol. The number of alkyl halides is 2. The summed E-state index contributed by atoms with van der Waals surface area (Å²) < 4.78 is 30.0. The van der Waals surface area contributed by atoms with E-state index in [1.165, 1.54) is 6.07 Å². The van der Waals surface area contributed by atoms with Gasteiger partial charge in [-0.25, -0.2) is 4.99 Å². The molecule has 0 aliphatic rings. The van der Waals surface area contributed by atoms with Gasteiger partial charge >= 0.3 is 6.61 Å². The predicted octanol–water partition coefficient (Wildman–Crippen LogP) is 3.29. The highest BCUT2D eigenvalue weighted by Crippen LogP contribution is 2.25. The molecule has 1 aromatic carbocycles. The van der Waals surface area contributed by atoms with E-state index in [1.807, 2.05) is 6.92 Å². The van der Waals surface area contributed by atoms with Crippen LogP contribution in [0.25, 0.3) is 0 Å². The first kappa shape index (κ1) is 17.4. The number of halogens is 3. The van der Waals surface area contributed by atoms with E-state index in [0.29, 0.717) is 24.6 Å². The summed E-state index contributed by atoms with van der Waals surface area (Å²) in [4.78, 5) is 4.33. The fourth-order valence-corrected chi connectivity index (χ4v) is 1.97. The third kappa shape index (κ3) is 6.57. The zero-order valence-corrected chi connectivity index (χ0v) is 13.3. The lowest BCUT2D eigenvalue weighted by molar-refractivity contribution is -0.0504. The van der Waals surface area contributed by atoms with Crippen molar-refractivity contribution in [2.45, 2.75) is 20.1 Å². The number of hydrogen-bond acceptors (Lipinski definition) is 2. The van der Waals surface area contributed by atoms with E-state index >= 15 is 0 Å². The van der Waals surface area contributed by atoms with Crippen LogP contribution in [0.5, 0.6) is 5.75 Å². The Hall–Kier alpha value is -1.63. The fraction of sp³-hybridized carbons (Fsp3) is 0.357. The highest BCUT2D eigenvalue weighted by molar-refractivity contribution is 9.10. The van der Waals surface area contributed by atoms with Gasteiger partial charge in [-0.3, -0.25) is 0 Å². The summed E-state index contributed by atoms with van der Waals surface area (Å²) in [5.41, 5.74) is 0.570. The molecule has 2 N–H and O–H groups in total. The quantitative estimate of drug-likeness (QED) is 0.445. The molecule has 4 nitrogen and oxygen atoms in total. The van der Waals surface area contributed by atoms with Gasteiger partial charge in [-0.15, -0.1) is 6.58 Å². The molecule has 1 rings (SSSR count). The van der Waals surface area contributed by atoms with Crippen molar-refractivity contribution in [3.63, 3.8) is 0 Å². The van der Waals surface area contributed by atoms with Crippen LogP contribution in [0.1, 0.15) is 12.5 Å². The highest BCUT2D eigenvalue weighted by Gasteiger charge is 2.10. The van der Waals surface area contributed by atoms with Gasteiger partial charge in [0, 0.05) is 23.1 Å². The van der Waals surface area contributed by atoms with E-state index in [0.717, 1.165) is 4.47 Å². The van der Waals surface area contributed by atoms with E-state index in [9.17, 15) is 8.78 Å². The zero-order valence-electron chi connectivity index (χ0n) is 11.7. The fourth-order valence-electron chi connectivity index (χ4n) is 1.56. The van der Waals surface area contributed by atoms with E-state index in [1.54, 1.807) is 18.2 Å². The van der Waals surface area contributed by atoms with Gasteiger partial charge in [0.15, 0.2) is 5.96 Å². The van der Waals surface area contributed by atoms with Crippen LogP contribution in [0, 0.1) is 0 Å². The molecule has 0 aliphatic carbocycles. The Morgan fingerprint density at radius 3 is 2.86 bits per heavy atom. The van der Waals surface area contributed by atoms with Crippen molar-refractivity contribution in [1.82, 2.24) is 10.6 Å². The van der Waals surface area contributed by atoms with Gasteiger partial charge < -0.3 is 15.4 Å². The summed E-state index contributed by atoms with van der Waals surface area (Å²) in [6.07, 6.45) is 1.71. The SMILES string of the molecule is C=CCNC(=NCc1cc(Br)ccc1OC(F)F)NCC. The van der Waals surface area contributed by atoms with Crippen molar-refractivity contribution in [1.29, 1.82) is 0 Å². The second-order valence-corrected chi connectivity index (χ2v) is 4.91. The average Bonchev–Trinajstić information content (AvgIpc) is 2.44. The Labute approximate surface area is 131 Å². The number of rotatable bonds is 7. The smallest absolute Gasteiger partial charge is 0.387 e. The van der Waals surface area contributed by atoms with Gasteiger partial charge in [0.1, 0.15) is 5.75 Å². The molecule has 0 aromatic heterocycles. The normalized spacial score (nSPS) is 11.4. The molecule has 0 heterocycles. The molecule has 0 amide bonds. The third-order valence-corrected chi connectivity index (χ3v) is 2.90. The van der Waals surface area contributed by atoms with Crippen molar-refractivity contribution in [3.05, 3.63) is 40.9 Å². The Morgan fingerprint density at radius 2 is 2.24 bits per heavy atom. The molecular weight excluding hydrogens is 344 g/mol. The molecule has 116 valence electrons. The van der Waals surface area contributed by atoms with Crippen molar-refractivity contribution in [3.8, 4) is 5.75 Å². The van der Waals surface area contributed by atoms with Gasteiger partial charge in [-0.1, -0.05) is 22.0 Å². The maximum atomic E-state index is 12.4. The largest absolute Gasteiger partial charge is 0.434 e. The van der Waals surface area contributed by atoms with Crippen molar-refractivity contribution in [2.24, 2.45) is 4.99 Å². The molecule has 0 atom stereocenters. The minimum Gasteiger partial charge on any atom is -0.434 e. The van der Waals surface area contributed by atoms with Gasteiger partial charge in [-0.2, -0.15) is 8.78 Å². The lowest BCUT2D eigenvalue weighted by atomic mass is 10.2. The molecule has 0 saturated carbocycles. The molecule has 0 aliphatic heterocycles. The number of hydrogen-bond donors (Lipinski definition) is 2. The van der Waals surface area contributed by atoms with E-state index in [4.69, 9.17) is 0 Å². The van der Waals surface area contributed by atoms with Crippen LogP contribution in [-0.2, 0) is 6.54 Å². The minimum atomic E-state index is -2.86. The summed E-state index contributed by atoms with van der Waals surface area (Å²) in [7, 11) is 0. The first-order valence-corrected chi connectivity index (χ1v) is 7.22. The van der Waals surface area contributed by atoms with Gasteiger partial charge in [0.2, 0.25) is 0 Å². The first-order chi connectivity index (χ1) is 10.1. The second-order valence-electron chi connectivity index (χ2n) is 4.00. The minimum absolute atomic E-state index is 0.122. The van der Waals surface area contributed by atoms with Gasteiger partial charge in [0.05, 0.1) is 6.54 Å². The summed E-state index contributed by atoms with van der Waals surface area (Å²) in [6.45, 7) is 4.17. The monoisotopic (exact) mass is 361 g/mol. The van der Waals surface area contributed by atoms with Crippen LogP contribution in [0.4, 0.5) is 8.78 Å². The number of ether oxygens (including phenoxy) is 1. The Bertz CT molecular complexity index is 495. The summed E-state index contributed by atoms with van der Waals surface area (Å²) in [5.74, 6) is 0.705. The predicted molar refractivity (Wildman–Crippen MR) is 83.8 cm³/mol. The van der Waals surface area contributed by atoms with Crippen molar-refractivity contribution < 1.29 is 13.5 Å². The van der Waals surface area contributed by atoms with Crippen LogP contribution in [0.3, 0.4) is 0 Å². The summed E-state index contributed by atoms with van der Waals surface area (Å²) >= 11 is 3.31. The summed E-state index contributed by atoms with van der Waals surface area (Å²) in [5, 5.41) is 6.09. The highest BCUT2D eigenvalue weighted by atomic mass is 79.9. The molecule has 0 unspecified atom stereocenters. The van der Waals surface area contributed by atoms with E-state index in [2.05, 4.69) is 42.9 Å². The number of nitrogens with zero attached hydrogens (tertiary/aromatic N) is 1. The molecule has 0 radical (unpaired) electrons. The lowest BCUT2D eigenvalue weighted by Gasteiger charge is -2.12. The maximum Gasteiger partial charge on any atom is 0.387 e. The van der Waals surface area contributed by atoms with Crippen LogP contribution >= 0.6 is 15.9 Å². The third-order valence-electron chi connectivity index (χ3n) is 2.40. The first-order valence-electron chi connectivity index (χ1n) is 6.43.